The maximum atomic E-state index is 14.0. The molecule has 0 unspecified atom stereocenters. The Morgan fingerprint density at radius 3 is 2.28 bits per heavy atom. The van der Waals surface area contributed by atoms with Gasteiger partial charge in [0.05, 0.1) is 66.6 Å². The molecule has 4 aromatic rings. The van der Waals surface area contributed by atoms with Crippen molar-refractivity contribution in [3.05, 3.63) is 71.1 Å². The van der Waals surface area contributed by atoms with Crippen LogP contribution in [0.25, 0.3) is 21.3 Å². The van der Waals surface area contributed by atoms with Gasteiger partial charge >= 0.3 is 0 Å². The van der Waals surface area contributed by atoms with Crippen molar-refractivity contribution < 1.29 is 38.5 Å². The van der Waals surface area contributed by atoms with Gasteiger partial charge < -0.3 is 45.1 Å². The number of nitrogens with one attached hydrogen (secondary N) is 3. The molecule has 1 saturated carbocycles. The number of anilines is 1. The number of nitriles is 1. The van der Waals surface area contributed by atoms with Gasteiger partial charge in [0.15, 0.2) is 0 Å². The van der Waals surface area contributed by atoms with Gasteiger partial charge in [-0.05, 0) is 66.8 Å². The highest BCUT2D eigenvalue weighted by atomic mass is 32.1. The van der Waals surface area contributed by atoms with Crippen LogP contribution in [0.2, 0.25) is 0 Å². The standard InChI is InChI=1S/C50H66N10O8S/c1-33-45(69-32-55-33)36-8-5-35(6-9-36)27-52-48(64)42-26-39(61)28-60(42)49(65)46(50(2,3)4)57-43(62)29-67-23-21-66-22-24-68-30-44(63)59-19-17-58(18-20-59)38-12-10-37(11-13-38)56-47-40-14-7-34(15-16-51)25-41(40)53-31-54-47/h5-9,14,25,31-32,37-39,42,46,61H,10-13,15,17-24,26-30H2,1-4H3,(H,52,64)(H,57,62)(H,53,54,56)/t37-,38-,39-,42+,46-/m1/s1. The minimum atomic E-state index is -0.975. The lowest BCUT2D eigenvalue weighted by atomic mass is 9.85. The molecule has 3 aliphatic rings. The van der Waals surface area contributed by atoms with E-state index in [1.54, 1.807) is 17.7 Å². The molecule has 69 heavy (non-hydrogen) atoms. The minimum absolute atomic E-state index is 0.0210. The molecule has 19 heteroatoms. The van der Waals surface area contributed by atoms with Gasteiger partial charge in [0.1, 0.15) is 37.4 Å². The topological polar surface area (TPSA) is 224 Å². The van der Waals surface area contributed by atoms with Crippen molar-refractivity contribution in [2.45, 2.75) is 103 Å². The second kappa shape index (κ2) is 24.3. The van der Waals surface area contributed by atoms with Crippen LogP contribution in [0.1, 0.15) is 69.7 Å². The van der Waals surface area contributed by atoms with Gasteiger partial charge in [0.25, 0.3) is 0 Å². The Labute approximate surface area is 408 Å². The molecule has 2 saturated heterocycles. The van der Waals surface area contributed by atoms with Gasteiger partial charge in [-0.25, -0.2) is 15.0 Å². The molecule has 0 bridgehead atoms. The van der Waals surface area contributed by atoms with Gasteiger partial charge in [0, 0.05) is 63.2 Å². The Bertz CT molecular complexity index is 2410. The van der Waals surface area contributed by atoms with Gasteiger partial charge in [-0.1, -0.05) is 51.1 Å². The van der Waals surface area contributed by atoms with E-state index < -0.39 is 35.4 Å². The lowest BCUT2D eigenvalue weighted by Crippen LogP contribution is -2.58. The number of aromatic nitrogens is 3. The number of amides is 4. The molecule has 4 heterocycles. The third kappa shape index (κ3) is 14.0. The smallest absolute Gasteiger partial charge is 0.248 e. The summed E-state index contributed by atoms with van der Waals surface area (Å²) in [5.74, 6) is -0.531. The highest BCUT2D eigenvalue weighted by molar-refractivity contribution is 7.13. The van der Waals surface area contributed by atoms with Crippen LogP contribution in [0.3, 0.4) is 0 Å². The summed E-state index contributed by atoms with van der Waals surface area (Å²) in [6, 6.07) is 14.9. The van der Waals surface area contributed by atoms with Crippen molar-refractivity contribution in [1.82, 2.24) is 40.3 Å². The van der Waals surface area contributed by atoms with E-state index in [1.807, 2.05) is 80.6 Å². The van der Waals surface area contributed by atoms with Crippen LogP contribution in [0.5, 0.6) is 0 Å². The van der Waals surface area contributed by atoms with Crippen molar-refractivity contribution >= 4 is 51.7 Å². The van der Waals surface area contributed by atoms with E-state index in [9.17, 15) is 24.3 Å². The first-order valence-corrected chi connectivity index (χ1v) is 24.8. The Morgan fingerprint density at radius 1 is 0.899 bits per heavy atom. The van der Waals surface area contributed by atoms with E-state index in [4.69, 9.17) is 19.5 Å². The number of fused-ring (bicyclic) bond motifs is 1. The number of aliphatic hydroxyl groups excluding tert-OH is 1. The molecular formula is C50H66N10O8S. The summed E-state index contributed by atoms with van der Waals surface area (Å²) in [5.41, 5.74) is 5.78. The zero-order valence-electron chi connectivity index (χ0n) is 40.2. The molecule has 18 nitrogen and oxygen atoms in total. The van der Waals surface area contributed by atoms with Gasteiger partial charge in [0.2, 0.25) is 23.6 Å². The molecule has 1 aliphatic carbocycles. The number of rotatable bonds is 20. The first-order valence-electron chi connectivity index (χ1n) is 23.9. The lowest BCUT2D eigenvalue weighted by Gasteiger charge is -2.42. The average Bonchev–Trinajstić information content (AvgIpc) is 3.96. The Hall–Kier alpha value is -5.62. The predicted octanol–water partition coefficient (Wildman–Crippen LogP) is 3.85. The van der Waals surface area contributed by atoms with E-state index in [0.29, 0.717) is 31.6 Å². The van der Waals surface area contributed by atoms with Crippen LogP contribution < -0.4 is 16.0 Å². The second-order valence-corrected chi connectivity index (χ2v) is 20.0. The second-order valence-electron chi connectivity index (χ2n) is 19.1. The molecule has 4 N–H and O–H groups in total. The van der Waals surface area contributed by atoms with Gasteiger partial charge in [-0.2, -0.15) is 5.26 Å². The van der Waals surface area contributed by atoms with E-state index >= 15 is 0 Å². The zero-order valence-corrected chi connectivity index (χ0v) is 41.0. The fraction of sp³-hybridized carbons (Fsp3) is 0.560. The summed E-state index contributed by atoms with van der Waals surface area (Å²) in [6.45, 7) is 11.2. The van der Waals surface area contributed by atoms with Crippen LogP contribution in [0.4, 0.5) is 5.82 Å². The molecule has 4 amide bonds. The number of carbonyl (C=O) groups excluding carboxylic acids is 4. The number of hydrogen-bond acceptors (Lipinski definition) is 15. The van der Waals surface area contributed by atoms with Crippen LogP contribution in [0, 0.1) is 23.7 Å². The first kappa shape index (κ1) is 51.2. The quantitative estimate of drug-likeness (QED) is 0.0925. The van der Waals surface area contributed by atoms with E-state index in [0.717, 1.165) is 82.8 Å². The Morgan fingerprint density at radius 2 is 1.59 bits per heavy atom. The molecule has 7 rings (SSSR count). The fourth-order valence-electron chi connectivity index (χ4n) is 9.27. The number of carbonyl (C=O) groups is 4. The molecule has 370 valence electrons. The van der Waals surface area contributed by atoms with Gasteiger partial charge in [-0.15, -0.1) is 11.3 Å². The first-order chi connectivity index (χ1) is 33.3. The van der Waals surface area contributed by atoms with Crippen LogP contribution >= 0.6 is 11.3 Å². The number of likely N-dealkylation sites (tertiary alicyclic amines) is 1. The fourth-order valence-corrected chi connectivity index (χ4v) is 10.1. The maximum Gasteiger partial charge on any atom is 0.248 e. The molecular weight excluding hydrogens is 901 g/mol. The van der Waals surface area contributed by atoms with E-state index in [-0.39, 0.29) is 71.0 Å². The van der Waals surface area contributed by atoms with Gasteiger partial charge in [-0.3, -0.25) is 24.1 Å². The lowest BCUT2D eigenvalue weighted by molar-refractivity contribution is -0.144. The van der Waals surface area contributed by atoms with Crippen LogP contribution in [-0.4, -0.2) is 161 Å². The number of aliphatic hydroxyl groups is 1. The van der Waals surface area contributed by atoms with Crippen molar-refractivity contribution in [3.8, 4) is 16.5 Å². The SMILES string of the molecule is Cc1ncsc1-c1ccc(CNC(=O)[C@@H]2C[C@@H](O)CN2C(=O)[C@@H](NC(=O)COCCOCCOCC(=O)N2CCN([C@H]3CC[C@H](Nc4ncnc5cc(CC#N)ccc45)CC3)CC2)C(C)(C)C)cc1. The summed E-state index contributed by atoms with van der Waals surface area (Å²) < 4.78 is 16.8. The largest absolute Gasteiger partial charge is 0.391 e. The number of nitrogens with zero attached hydrogens (tertiary/aromatic N) is 7. The zero-order chi connectivity index (χ0) is 48.9. The summed E-state index contributed by atoms with van der Waals surface area (Å²) in [6.07, 6.45) is 5.35. The van der Waals surface area contributed by atoms with Crippen molar-refractivity contribution in [2.75, 3.05) is 77.7 Å². The molecule has 3 fully saturated rings. The number of thiazole rings is 1. The number of hydrogen-bond donors (Lipinski definition) is 4. The van der Waals surface area contributed by atoms with Crippen molar-refractivity contribution in [3.63, 3.8) is 0 Å². The minimum Gasteiger partial charge on any atom is -0.391 e. The molecule has 2 aliphatic heterocycles. The van der Waals surface area contributed by atoms with E-state index in [1.165, 1.54) is 4.90 Å². The number of β-amino-alcohol motifs (C(OH)–C–C–N with tert-alkyl or cyclic N) is 1. The Balaban J connectivity index is 0.734. The van der Waals surface area contributed by atoms with Crippen molar-refractivity contribution in [2.24, 2.45) is 5.41 Å². The maximum absolute atomic E-state index is 14.0. The Kier molecular flexibility index (Phi) is 18.0. The number of aryl methyl sites for hydroxylation is 1. The summed E-state index contributed by atoms with van der Waals surface area (Å²) in [5, 5.41) is 29.9. The number of ether oxygens (including phenoxy) is 3. The highest BCUT2D eigenvalue weighted by Crippen LogP contribution is 2.30. The molecule has 2 aromatic carbocycles. The van der Waals surface area contributed by atoms with E-state index in [2.05, 4.69) is 41.9 Å². The molecule has 3 atom stereocenters. The number of benzene rings is 2. The molecule has 2 aromatic heterocycles. The molecule has 0 spiro atoms. The van der Waals surface area contributed by atoms with Crippen LogP contribution in [0.15, 0.2) is 54.3 Å². The number of piperazine rings is 1. The summed E-state index contributed by atoms with van der Waals surface area (Å²) >= 11 is 1.57. The summed E-state index contributed by atoms with van der Waals surface area (Å²) in [7, 11) is 0. The summed E-state index contributed by atoms with van der Waals surface area (Å²) in [4.78, 5) is 73.4. The third-order valence-corrected chi connectivity index (χ3v) is 14.1. The van der Waals surface area contributed by atoms with Crippen LogP contribution in [-0.2, 0) is 46.4 Å². The highest BCUT2D eigenvalue weighted by Gasteiger charge is 2.44. The third-order valence-electron chi connectivity index (χ3n) is 13.1. The predicted molar refractivity (Wildman–Crippen MR) is 261 cm³/mol. The van der Waals surface area contributed by atoms with Crippen molar-refractivity contribution in [1.29, 1.82) is 5.26 Å². The normalized spacial score (nSPS) is 20.3. The average molecular weight is 967 g/mol. The monoisotopic (exact) mass is 966 g/mol. The molecule has 0 radical (unpaired) electrons.